The van der Waals surface area contributed by atoms with Gasteiger partial charge < -0.3 is 15.5 Å². The number of likely N-dealkylation sites (tertiary alicyclic amines) is 1. The second kappa shape index (κ2) is 11.4. The molecule has 1 aliphatic heterocycles. The fourth-order valence-electron chi connectivity index (χ4n) is 5.11. The van der Waals surface area contributed by atoms with Crippen LogP contribution in [-0.4, -0.2) is 53.3 Å². The lowest BCUT2D eigenvalue weighted by Crippen LogP contribution is -2.48. The molecule has 0 bridgehead atoms. The van der Waals surface area contributed by atoms with E-state index in [2.05, 4.69) is 33.5 Å². The van der Waals surface area contributed by atoms with Gasteiger partial charge in [-0.3, -0.25) is 9.59 Å². The molecule has 1 aliphatic carbocycles. The van der Waals surface area contributed by atoms with Crippen molar-refractivity contribution in [2.75, 3.05) is 19.6 Å². The molecule has 1 saturated carbocycles. The molecule has 1 unspecified atom stereocenters. The summed E-state index contributed by atoms with van der Waals surface area (Å²) in [6.07, 6.45) is 4.08. The van der Waals surface area contributed by atoms with Crippen molar-refractivity contribution in [2.45, 2.75) is 71.0 Å². The molecule has 36 heavy (non-hydrogen) atoms. The van der Waals surface area contributed by atoms with Gasteiger partial charge in [0.25, 0.3) is 5.91 Å². The molecule has 2 atom stereocenters. The number of rotatable bonds is 10. The number of Topliss-reactive ketones (excluding diaryl/α,β-unsaturated/α-hetero) is 1. The van der Waals surface area contributed by atoms with E-state index < -0.39 is 11.5 Å². The summed E-state index contributed by atoms with van der Waals surface area (Å²) in [5, 5.41) is 20.6. The molecule has 0 radical (unpaired) electrons. The van der Waals surface area contributed by atoms with Crippen LogP contribution in [0.3, 0.4) is 0 Å². The molecule has 1 amide bonds. The van der Waals surface area contributed by atoms with Crippen molar-refractivity contribution in [1.29, 1.82) is 5.26 Å². The molecule has 2 aromatic heterocycles. The number of amides is 1. The Kier molecular flexibility index (Phi) is 8.46. The van der Waals surface area contributed by atoms with Crippen molar-refractivity contribution in [2.24, 2.45) is 5.41 Å². The van der Waals surface area contributed by atoms with Gasteiger partial charge in [0, 0.05) is 18.6 Å². The number of carbonyl (C=O) groups is 2. The van der Waals surface area contributed by atoms with Crippen molar-refractivity contribution in [3.8, 4) is 6.07 Å². The molecule has 3 heterocycles. The molecule has 192 valence electrons. The minimum Gasteiger partial charge on any atom is -0.352 e. The Labute approximate surface area is 222 Å². The molecule has 0 aromatic carbocycles. The first-order valence-electron chi connectivity index (χ1n) is 12.6. The predicted molar refractivity (Wildman–Crippen MR) is 142 cm³/mol. The maximum Gasteiger partial charge on any atom is 0.253 e. The first-order valence-corrected chi connectivity index (χ1v) is 14.0. The Morgan fingerprint density at radius 3 is 2.64 bits per heavy atom. The van der Waals surface area contributed by atoms with Gasteiger partial charge in [0.2, 0.25) is 0 Å². The van der Waals surface area contributed by atoms with E-state index in [9.17, 15) is 14.9 Å². The zero-order valence-corrected chi connectivity index (χ0v) is 22.7. The zero-order chi connectivity index (χ0) is 25.9. The number of pyridine rings is 1. The largest absolute Gasteiger partial charge is 0.352 e. The summed E-state index contributed by atoms with van der Waals surface area (Å²) in [7, 11) is 0. The summed E-state index contributed by atoms with van der Waals surface area (Å²) in [6, 6.07) is 6.13. The summed E-state index contributed by atoms with van der Waals surface area (Å²) in [5.41, 5.74) is 2.24. The van der Waals surface area contributed by atoms with Crippen LogP contribution in [0, 0.1) is 30.6 Å². The average Bonchev–Trinajstić information content (AvgIpc) is 3.46. The fourth-order valence-corrected chi connectivity index (χ4v) is 6.09. The number of hydrogen-bond donors (Lipinski definition) is 2. The molecule has 0 spiro atoms. The molecular formula is C27H34ClN5O2S. The number of ketones is 1. The van der Waals surface area contributed by atoms with Crippen LogP contribution in [0.1, 0.15) is 72.2 Å². The van der Waals surface area contributed by atoms with E-state index in [4.69, 9.17) is 11.6 Å². The molecule has 2 fully saturated rings. The molecule has 9 heteroatoms. The topological polar surface area (TPSA) is 98.1 Å². The number of nitriles is 1. The van der Waals surface area contributed by atoms with Crippen molar-refractivity contribution >= 4 is 34.6 Å². The number of hydrogen-bond acceptors (Lipinski definition) is 7. The van der Waals surface area contributed by atoms with Crippen molar-refractivity contribution in [3.63, 3.8) is 0 Å². The lowest BCUT2D eigenvalue weighted by Gasteiger charge is -2.37. The number of aromatic nitrogens is 1. The Morgan fingerprint density at radius 2 is 2.06 bits per heavy atom. The van der Waals surface area contributed by atoms with E-state index in [-0.39, 0.29) is 17.7 Å². The Hall–Kier alpha value is -2.31. The SMILES string of the molecule is Cc1cc(Cl)nc(C)c1C(=O)NCC[C@@H](C)N1CCC(NC(C(=O)C2(C#N)CC2)c2ccsc2)CC1. The number of halogens is 1. The molecule has 1 saturated heterocycles. The van der Waals surface area contributed by atoms with Crippen LogP contribution in [0.15, 0.2) is 22.9 Å². The van der Waals surface area contributed by atoms with Crippen LogP contribution in [0.25, 0.3) is 0 Å². The highest BCUT2D eigenvalue weighted by Gasteiger charge is 2.53. The molecule has 2 aromatic rings. The van der Waals surface area contributed by atoms with E-state index in [1.165, 1.54) is 0 Å². The van der Waals surface area contributed by atoms with E-state index in [0.29, 0.717) is 41.8 Å². The third-order valence-electron chi connectivity index (χ3n) is 7.57. The standard InChI is InChI=1S/C27H34ClN5O2S/c1-17-14-22(28)31-19(3)23(17)26(35)30-10-4-18(2)33-11-5-21(6-12-33)32-24(20-7-13-36-15-20)25(34)27(16-29)8-9-27/h7,13-15,18,21,24,32H,4-6,8-12H2,1-3H3,(H,30,35)/t18-,24?/m1/s1. The monoisotopic (exact) mass is 527 g/mol. The highest BCUT2D eigenvalue weighted by molar-refractivity contribution is 7.08. The Bertz CT molecular complexity index is 1110. The average molecular weight is 528 g/mol. The van der Waals surface area contributed by atoms with Gasteiger partial charge in [0.15, 0.2) is 5.78 Å². The second-order valence-corrected chi connectivity index (χ2v) is 11.3. The summed E-state index contributed by atoms with van der Waals surface area (Å²) < 4.78 is 0. The third kappa shape index (κ3) is 5.97. The van der Waals surface area contributed by atoms with Gasteiger partial charge in [0.1, 0.15) is 10.6 Å². The lowest BCUT2D eigenvalue weighted by atomic mass is 9.91. The number of piperidine rings is 1. The van der Waals surface area contributed by atoms with Gasteiger partial charge in [-0.1, -0.05) is 11.6 Å². The zero-order valence-electron chi connectivity index (χ0n) is 21.1. The van der Waals surface area contributed by atoms with Gasteiger partial charge in [-0.25, -0.2) is 4.98 Å². The molecular weight excluding hydrogens is 494 g/mol. The van der Waals surface area contributed by atoms with Gasteiger partial charge >= 0.3 is 0 Å². The van der Waals surface area contributed by atoms with E-state index in [1.54, 1.807) is 24.3 Å². The Morgan fingerprint density at radius 1 is 1.33 bits per heavy atom. The first-order chi connectivity index (χ1) is 17.2. The molecule has 2 N–H and O–H groups in total. The van der Waals surface area contributed by atoms with Crippen LogP contribution < -0.4 is 10.6 Å². The van der Waals surface area contributed by atoms with E-state index in [1.807, 2.05) is 23.8 Å². The number of nitrogens with one attached hydrogen (secondary N) is 2. The van der Waals surface area contributed by atoms with Crippen molar-refractivity contribution < 1.29 is 9.59 Å². The lowest BCUT2D eigenvalue weighted by molar-refractivity contribution is -0.124. The molecule has 7 nitrogen and oxygen atoms in total. The minimum absolute atomic E-state index is 0.0244. The number of carbonyl (C=O) groups excluding carboxylic acids is 2. The van der Waals surface area contributed by atoms with Crippen molar-refractivity contribution in [3.05, 3.63) is 50.4 Å². The fraction of sp³-hybridized carbons (Fsp3) is 0.556. The molecule has 2 aliphatic rings. The summed E-state index contributed by atoms with van der Waals surface area (Å²) in [6.45, 7) is 8.32. The summed E-state index contributed by atoms with van der Waals surface area (Å²) in [5.74, 6) is -0.0875. The number of thiophene rings is 1. The van der Waals surface area contributed by atoms with E-state index in [0.717, 1.165) is 43.5 Å². The van der Waals surface area contributed by atoms with Gasteiger partial charge in [-0.05, 0) is 100.0 Å². The normalized spacial score (nSPS) is 19.3. The highest BCUT2D eigenvalue weighted by Crippen LogP contribution is 2.48. The van der Waals surface area contributed by atoms with Gasteiger partial charge in [0.05, 0.1) is 23.4 Å². The van der Waals surface area contributed by atoms with Crippen LogP contribution >= 0.6 is 22.9 Å². The predicted octanol–water partition coefficient (Wildman–Crippen LogP) is 4.59. The first kappa shape index (κ1) is 26.7. The van der Waals surface area contributed by atoms with Crippen molar-refractivity contribution in [1.82, 2.24) is 20.5 Å². The third-order valence-corrected chi connectivity index (χ3v) is 8.47. The van der Waals surface area contributed by atoms with Crippen LogP contribution in [0.5, 0.6) is 0 Å². The molecule has 4 rings (SSSR count). The smallest absolute Gasteiger partial charge is 0.253 e. The van der Waals surface area contributed by atoms with E-state index >= 15 is 0 Å². The van der Waals surface area contributed by atoms with Crippen LogP contribution in [0.2, 0.25) is 5.15 Å². The minimum atomic E-state index is -0.793. The quantitative estimate of drug-likeness (QED) is 0.438. The highest BCUT2D eigenvalue weighted by atomic mass is 35.5. The summed E-state index contributed by atoms with van der Waals surface area (Å²) in [4.78, 5) is 32.5. The van der Waals surface area contributed by atoms with Gasteiger partial charge in [-0.15, -0.1) is 0 Å². The maximum absolute atomic E-state index is 13.2. The number of nitrogens with zero attached hydrogens (tertiary/aromatic N) is 3. The Balaban J connectivity index is 1.25. The maximum atomic E-state index is 13.2. The van der Waals surface area contributed by atoms with Crippen LogP contribution in [0.4, 0.5) is 0 Å². The van der Waals surface area contributed by atoms with Gasteiger partial charge in [-0.2, -0.15) is 16.6 Å². The summed E-state index contributed by atoms with van der Waals surface area (Å²) >= 11 is 7.56. The second-order valence-electron chi connectivity index (χ2n) is 10.1. The number of aryl methyl sites for hydroxylation is 2. The van der Waals surface area contributed by atoms with Crippen LogP contribution in [-0.2, 0) is 4.79 Å².